The van der Waals surface area contributed by atoms with E-state index in [0.717, 1.165) is 16.5 Å². The van der Waals surface area contributed by atoms with Gasteiger partial charge in [0, 0.05) is 11.3 Å². The van der Waals surface area contributed by atoms with Gasteiger partial charge in [-0.05, 0) is 46.7 Å². The van der Waals surface area contributed by atoms with Gasteiger partial charge >= 0.3 is 6.09 Å². The first-order chi connectivity index (χ1) is 16.1. The number of nitrogens with one attached hydrogen (secondary N) is 1. The largest absolute Gasteiger partial charge is 0.449 e. The molecule has 4 aromatic rings. The van der Waals surface area contributed by atoms with Gasteiger partial charge in [-0.15, -0.1) is 0 Å². The lowest BCUT2D eigenvalue weighted by molar-refractivity contribution is 0.112. The molecule has 164 valence electrons. The van der Waals surface area contributed by atoms with Crippen LogP contribution in [0.4, 0.5) is 4.79 Å². The van der Waals surface area contributed by atoms with Gasteiger partial charge in [0.25, 0.3) is 0 Å². The number of aromatic nitrogens is 1. The minimum atomic E-state index is -0.537. The molecule has 1 heterocycles. The normalized spacial score (nSPS) is 13.3. The quantitative estimate of drug-likeness (QED) is 0.358. The molecule has 0 unspecified atom stereocenters. The van der Waals surface area contributed by atoms with E-state index in [2.05, 4.69) is 34.6 Å². The van der Waals surface area contributed by atoms with Crippen LogP contribution in [0.1, 0.15) is 46.2 Å². The van der Waals surface area contributed by atoms with Gasteiger partial charge in [0.15, 0.2) is 6.29 Å². The van der Waals surface area contributed by atoms with Crippen molar-refractivity contribution in [2.24, 2.45) is 0 Å². The summed E-state index contributed by atoms with van der Waals surface area (Å²) in [5, 5.41) is 4.68. The zero-order valence-electron chi connectivity index (χ0n) is 17.9. The summed E-state index contributed by atoms with van der Waals surface area (Å²) in [6.07, 6.45) is 0.141. The smallest absolute Gasteiger partial charge is 0.407 e. The number of fused-ring (bicyclic) bond motifs is 4. The molecule has 0 saturated carbocycles. The maximum atomic E-state index is 12.6. The van der Waals surface area contributed by atoms with Crippen LogP contribution in [0.5, 0.6) is 0 Å². The summed E-state index contributed by atoms with van der Waals surface area (Å²) in [7, 11) is 0. The molecule has 0 fully saturated rings. The van der Waals surface area contributed by atoms with E-state index in [1.165, 1.54) is 11.1 Å². The molecule has 0 spiro atoms. The van der Waals surface area contributed by atoms with Crippen molar-refractivity contribution in [2.75, 3.05) is 6.61 Å². The SMILES string of the molecule is C[C@H](NC(=O)OCC1c2ccccc2-c2ccccc21)c1cc2cccc(Cl)c2c(C=O)n1. The van der Waals surface area contributed by atoms with E-state index in [1.54, 1.807) is 13.0 Å². The van der Waals surface area contributed by atoms with Gasteiger partial charge in [0.1, 0.15) is 12.3 Å². The van der Waals surface area contributed by atoms with Gasteiger partial charge < -0.3 is 10.1 Å². The fourth-order valence-electron chi connectivity index (χ4n) is 4.52. The molecule has 1 aliphatic rings. The Bertz CT molecular complexity index is 1340. The van der Waals surface area contributed by atoms with Crippen molar-refractivity contribution < 1.29 is 14.3 Å². The number of amides is 1. The van der Waals surface area contributed by atoms with Crippen LogP contribution in [-0.2, 0) is 4.74 Å². The second-order valence-corrected chi connectivity index (χ2v) is 8.49. The van der Waals surface area contributed by atoms with Gasteiger partial charge in [-0.25, -0.2) is 9.78 Å². The molecular weight excluding hydrogens is 436 g/mol. The predicted octanol–water partition coefficient (Wildman–Crippen LogP) is 6.30. The average Bonchev–Trinajstić information content (AvgIpc) is 3.16. The lowest BCUT2D eigenvalue weighted by Gasteiger charge is -2.18. The topological polar surface area (TPSA) is 68.3 Å². The molecule has 5 nitrogen and oxygen atoms in total. The number of hydrogen-bond donors (Lipinski definition) is 1. The zero-order chi connectivity index (χ0) is 22.9. The van der Waals surface area contributed by atoms with E-state index >= 15 is 0 Å². The summed E-state index contributed by atoms with van der Waals surface area (Å²) in [4.78, 5) is 28.6. The van der Waals surface area contributed by atoms with Crippen LogP contribution in [0.3, 0.4) is 0 Å². The third-order valence-corrected chi connectivity index (χ3v) is 6.40. The fourth-order valence-corrected chi connectivity index (χ4v) is 4.79. The number of benzene rings is 3. The Balaban J connectivity index is 1.32. The van der Waals surface area contributed by atoms with Gasteiger partial charge in [-0.3, -0.25) is 4.79 Å². The summed E-state index contributed by atoms with van der Waals surface area (Å²) in [5.74, 6) is -0.0129. The number of hydrogen-bond acceptors (Lipinski definition) is 4. The number of rotatable bonds is 5. The zero-order valence-corrected chi connectivity index (χ0v) is 18.7. The summed E-state index contributed by atoms with van der Waals surface area (Å²) in [6.45, 7) is 2.03. The molecule has 1 aliphatic carbocycles. The van der Waals surface area contributed by atoms with Crippen molar-refractivity contribution in [1.29, 1.82) is 0 Å². The maximum absolute atomic E-state index is 12.6. The van der Waals surface area contributed by atoms with Crippen LogP contribution in [0.2, 0.25) is 5.02 Å². The molecule has 5 rings (SSSR count). The van der Waals surface area contributed by atoms with Gasteiger partial charge in [0.2, 0.25) is 0 Å². The Morgan fingerprint density at radius 1 is 1.06 bits per heavy atom. The third-order valence-electron chi connectivity index (χ3n) is 6.09. The monoisotopic (exact) mass is 456 g/mol. The second-order valence-electron chi connectivity index (χ2n) is 8.08. The second kappa shape index (κ2) is 8.68. The molecule has 6 heteroatoms. The highest BCUT2D eigenvalue weighted by molar-refractivity contribution is 6.36. The third kappa shape index (κ3) is 3.85. The fraction of sp³-hybridized carbons (Fsp3) is 0.148. The van der Waals surface area contributed by atoms with E-state index in [0.29, 0.717) is 22.4 Å². The molecule has 0 radical (unpaired) electrons. The minimum absolute atomic E-state index is 0.0129. The number of alkyl carbamates (subject to hydrolysis) is 1. The van der Waals surface area contributed by atoms with Gasteiger partial charge in [-0.2, -0.15) is 0 Å². The lowest BCUT2D eigenvalue weighted by atomic mass is 9.98. The molecule has 1 amide bonds. The molecule has 1 atom stereocenters. The van der Waals surface area contributed by atoms with Crippen molar-refractivity contribution >= 4 is 34.8 Å². The number of pyridine rings is 1. The predicted molar refractivity (Wildman–Crippen MR) is 129 cm³/mol. The van der Waals surface area contributed by atoms with E-state index < -0.39 is 12.1 Å². The van der Waals surface area contributed by atoms with Crippen LogP contribution in [0.15, 0.2) is 72.8 Å². The number of carbonyl (C=O) groups is 2. The summed E-state index contributed by atoms with van der Waals surface area (Å²) in [6, 6.07) is 23.1. The Morgan fingerprint density at radius 2 is 1.73 bits per heavy atom. The van der Waals surface area contributed by atoms with Crippen LogP contribution < -0.4 is 5.32 Å². The van der Waals surface area contributed by atoms with E-state index in [1.807, 2.05) is 42.5 Å². The number of halogens is 1. The number of ether oxygens (including phenoxy) is 1. The Labute approximate surface area is 196 Å². The first kappa shape index (κ1) is 21.2. The van der Waals surface area contributed by atoms with Crippen molar-refractivity contribution in [2.45, 2.75) is 18.9 Å². The van der Waals surface area contributed by atoms with Crippen molar-refractivity contribution in [1.82, 2.24) is 10.3 Å². The molecule has 1 N–H and O–H groups in total. The van der Waals surface area contributed by atoms with Crippen LogP contribution >= 0.6 is 11.6 Å². The van der Waals surface area contributed by atoms with Crippen molar-refractivity contribution in [3.63, 3.8) is 0 Å². The molecule has 1 aromatic heterocycles. The van der Waals surface area contributed by atoms with E-state index in [4.69, 9.17) is 16.3 Å². The molecule has 0 saturated heterocycles. The average molecular weight is 457 g/mol. The van der Waals surface area contributed by atoms with Crippen molar-refractivity contribution in [3.8, 4) is 11.1 Å². The number of aldehydes is 1. The molecule has 33 heavy (non-hydrogen) atoms. The number of nitrogens with zero attached hydrogens (tertiary/aromatic N) is 1. The molecule has 0 aliphatic heterocycles. The first-order valence-corrected chi connectivity index (χ1v) is 11.1. The van der Waals surface area contributed by atoms with Crippen LogP contribution in [0.25, 0.3) is 21.9 Å². The maximum Gasteiger partial charge on any atom is 0.407 e. The van der Waals surface area contributed by atoms with E-state index in [9.17, 15) is 9.59 Å². The van der Waals surface area contributed by atoms with Gasteiger partial charge in [0.05, 0.1) is 16.8 Å². The highest BCUT2D eigenvalue weighted by Gasteiger charge is 2.29. The standard InChI is InChI=1S/C27H21ClN2O3/c1-16(24-13-17-7-6-12-23(28)26(17)25(14-31)30-24)29-27(32)33-15-22-20-10-4-2-8-18(20)19-9-3-5-11-21(19)22/h2-14,16,22H,15H2,1H3,(H,29,32)/t16-/m0/s1. The summed E-state index contributed by atoms with van der Waals surface area (Å²) >= 11 is 6.24. The minimum Gasteiger partial charge on any atom is -0.449 e. The van der Waals surface area contributed by atoms with Crippen molar-refractivity contribution in [3.05, 3.63) is 100 Å². The Morgan fingerprint density at radius 3 is 2.39 bits per heavy atom. The van der Waals surface area contributed by atoms with E-state index in [-0.39, 0.29) is 18.2 Å². The summed E-state index contributed by atoms with van der Waals surface area (Å²) < 4.78 is 5.63. The molecule has 3 aromatic carbocycles. The van der Waals surface area contributed by atoms with Gasteiger partial charge in [-0.1, -0.05) is 72.3 Å². The Kier molecular flexibility index (Phi) is 5.56. The molecular formula is C27H21ClN2O3. The molecule has 0 bridgehead atoms. The van der Waals surface area contributed by atoms with Crippen LogP contribution in [0, 0.1) is 0 Å². The Hall–Kier alpha value is -3.70. The number of carbonyl (C=O) groups excluding carboxylic acids is 2. The summed E-state index contributed by atoms with van der Waals surface area (Å²) in [5.41, 5.74) is 5.47. The van der Waals surface area contributed by atoms with Crippen LogP contribution in [-0.4, -0.2) is 24.0 Å². The highest BCUT2D eigenvalue weighted by Crippen LogP contribution is 2.44. The highest BCUT2D eigenvalue weighted by atomic mass is 35.5. The first-order valence-electron chi connectivity index (χ1n) is 10.7. The lowest BCUT2D eigenvalue weighted by Crippen LogP contribution is -2.29.